The maximum absolute atomic E-state index is 12.1. The van der Waals surface area contributed by atoms with E-state index in [1.165, 1.54) is 18.4 Å². The topological polar surface area (TPSA) is 97.3 Å². The highest BCUT2D eigenvalue weighted by Gasteiger charge is 2.18. The second kappa shape index (κ2) is 8.59. The summed E-state index contributed by atoms with van der Waals surface area (Å²) in [4.78, 5) is 24.3. The number of methoxy groups -OCH3 is 1. The van der Waals surface area contributed by atoms with Gasteiger partial charge in [0.15, 0.2) is 10.8 Å². The number of aromatic nitrogens is 2. The van der Waals surface area contributed by atoms with Crippen molar-refractivity contribution in [2.45, 2.75) is 0 Å². The van der Waals surface area contributed by atoms with Crippen LogP contribution in [0.5, 0.6) is 0 Å². The zero-order chi connectivity index (χ0) is 20.4. The van der Waals surface area contributed by atoms with Crippen molar-refractivity contribution in [1.82, 2.24) is 20.6 Å². The van der Waals surface area contributed by atoms with Gasteiger partial charge in [-0.3, -0.25) is 20.3 Å². The fourth-order valence-corrected chi connectivity index (χ4v) is 4.71. The maximum Gasteiger partial charge on any atom is 0.349 e. The lowest BCUT2D eigenvalue weighted by molar-refractivity contribution is 0.0606. The average Bonchev–Trinajstić information content (AvgIpc) is 3.17. The number of ether oxygens (including phenoxy) is 1. The van der Waals surface area contributed by atoms with Gasteiger partial charge in [-0.1, -0.05) is 11.6 Å². The van der Waals surface area contributed by atoms with Crippen molar-refractivity contribution >= 4 is 90.5 Å². The molecule has 2 heterocycles. The van der Waals surface area contributed by atoms with Crippen molar-refractivity contribution in [3.05, 3.63) is 43.6 Å². The van der Waals surface area contributed by atoms with Gasteiger partial charge >= 0.3 is 5.97 Å². The molecule has 0 atom stereocenters. The van der Waals surface area contributed by atoms with E-state index in [1.807, 2.05) is 22.6 Å². The van der Waals surface area contributed by atoms with Gasteiger partial charge in [-0.15, -0.1) is 11.3 Å². The molecule has 1 aromatic carbocycles. The van der Waals surface area contributed by atoms with E-state index in [2.05, 4.69) is 21.3 Å². The van der Waals surface area contributed by atoms with Gasteiger partial charge in [0.25, 0.3) is 5.91 Å². The zero-order valence-electron chi connectivity index (χ0n) is 14.5. The summed E-state index contributed by atoms with van der Waals surface area (Å²) in [6.45, 7) is 0. The Morgan fingerprint density at radius 2 is 2.11 bits per heavy atom. The molecule has 0 unspecified atom stereocenters. The van der Waals surface area contributed by atoms with E-state index in [0.29, 0.717) is 21.3 Å². The fraction of sp³-hybridized carbons (Fsp3) is 0.125. The Balaban J connectivity index is 1.67. The number of hydrazine groups is 1. The number of halogens is 2. The molecule has 0 saturated heterocycles. The van der Waals surface area contributed by atoms with E-state index in [4.69, 9.17) is 28.6 Å². The molecule has 146 valence electrons. The highest BCUT2D eigenvalue weighted by molar-refractivity contribution is 14.1. The van der Waals surface area contributed by atoms with Crippen LogP contribution in [0.2, 0.25) is 5.02 Å². The van der Waals surface area contributed by atoms with Crippen LogP contribution in [0.25, 0.3) is 10.1 Å². The summed E-state index contributed by atoms with van der Waals surface area (Å²) >= 11 is 14.7. The van der Waals surface area contributed by atoms with Gasteiger partial charge < -0.3 is 10.1 Å². The minimum atomic E-state index is -0.482. The van der Waals surface area contributed by atoms with E-state index in [-0.39, 0.29) is 5.11 Å². The Bertz CT molecular complexity index is 1100. The lowest BCUT2D eigenvalue weighted by Gasteiger charge is -2.11. The van der Waals surface area contributed by atoms with Crippen LogP contribution in [0.15, 0.2) is 24.4 Å². The summed E-state index contributed by atoms with van der Waals surface area (Å²) in [5.41, 5.74) is 6.08. The molecule has 1 amide bonds. The molecule has 2 aromatic heterocycles. The first-order valence-corrected chi connectivity index (χ1v) is 10.3. The van der Waals surface area contributed by atoms with Gasteiger partial charge in [-0.25, -0.2) is 4.79 Å². The number of rotatable bonds is 3. The van der Waals surface area contributed by atoms with Crippen molar-refractivity contribution in [2.24, 2.45) is 7.05 Å². The molecule has 0 radical (unpaired) electrons. The Morgan fingerprint density at radius 3 is 2.75 bits per heavy atom. The molecule has 12 heteroatoms. The Labute approximate surface area is 187 Å². The van der Waals surface area contributed by atoms with E-state index in [1.54, 1.807) is 36.1 Å². The summed E-state index contributed by atoms with van der Waals surface area (Å²) < 4.78 is 7.81. The number of benzene rings is 1. The number of hydrogen-bond donors (Lipinski definition) is 3. The lowest BCUT2D eigenvalue weighted by Crippen LogP contribution is -2.44. The SMILES string of the molecule is COC(=O)c1sc2cc(NC(=S)NNC(=O)c3nn(C)cc3I)ccc2c1Cl. The van der Waals surface area contributed by atoms with Crippen LogP contribution in [-0.2, 0) is 11.8 Å². The molecule has 0 spiro atoms. The molecule has 0 saturated carbocycles. The predicted octanol–water partition coefficient (Wildman–Crippen LogP) is 3.31. The van der Waals surface area contributed by atoms with Crippen LogP contribution in [0, 0.1) is 3.57 Å². The van der Waals surface area contributed by atoms with Gasteiger partial charge in [0.1, 0.15) is 4.88 Å². The van der Waals surface area contributed by atoms with Gasteiger partial charge in [-0.2, -0.15) is 5.10 Å². The summed E-state index contributed by atoms with van der Waals surface area (Å²) in [5.74, 6) is -0.887. The molecule has 0 fully saturated rings. The predicted molar refractivity (Wildman–Crippen MR) is 121 cm³/mol. The summed E-state index contributed by atoms with van der Waals surface area (Å²) in [7, 11) is 3.04. The average molecular weight is 550 g/mol. The summed E-state index contributed by atoms with van der Waals surface area (Å²) in [6.07, 6.45) is 1.73. The molecular weight excluding hydrogens is 537 g/mol. The molecule has 0 aliphatic rings. The number of aryl methyl sites for hydroxylation is 1. The third-order valence-corrected chi connectivity index (χ3v) is 6.18. The monoisotopic (exact) mass is 549 g/mol. The number of anilines is 1. The third kappa shape index (κ3) is 4.37. The van der Waals surface area contributed by atoms with E-state index in [0.717, 1.165) is 13.7 Å². The second-order valence-corrected chi connectivity index (χ2v) is 8.48. The molecule has 8 nitrogen and oxygen atoms in total. The standard InChI is InChI=1S/C16H13ClIN5O3S2/c1-23-6-9(18)12(22-23)14(24)20-21-16(27)19-7-3-4-8-10(5-7)28-13(11(8)17)15(25)26-2/h3-6H,1-2H3,(H,20,24)(H2,19,21,27). The molecule has 3 aromatic rings. The number of thiophene rings is 1. The molecule has 28 heavy (non-hydrogen) atoms. The van der Waals surface area contributed by atoms with Crippen LogP contribution in [0.4, 0.5) is 5.69 Å². The van der Waals surface area contributed by atoms with E-state index < -0.39 is 11.9 Å². The molecule has 3 rings (SSSR count). The molecule has 0 aliphatic heterocycles. The normalized spacial score (nSPS) is 10.6. The highest BCUT2D eigenvalue weighted by Crippen LogP contribution is 2.37. The van der Waals surface area contributed by atoms with Crippen LogP contribution in [0.1, 0.15) is 20.2 Å². The first kappa shape index (κ1) is 20.8. The van der Waals surface area contributed by atoms with Crippen LogP contribution < -0.4 is 16.2 Å². The summed E-state index contributed by atoms with van der Waals surface area (Å²) in [5, 5.41) is 8.33. The fourth-order valence-electron chi connectivity index (χ4n) is 2.32. The molecule has 3 N–H and O–H groups in total. The van der Waals surface area contributed by atoms with Crippen molar-refractivity contribution < 1.29 is 14.3 Å². The maximum atomic E-state index is 12.1. The van der Waals surface area contributed by atoms with E-state index in [9.17, 15) is 9.59 Å². The smallest absolute Gasteiger partial charge is 0.349 e. The number of hydrogen-bond acceptors (Lipinski definition) is 6. The van der Waals surface area contributed by atoms with Crippen molar-refractivity contribution in [1.29, 1.82) is 0 Å². The molecule has 0 aliphatic carbocycles. The van der Waals surface area contributed by atoms with Gasteiger partial charge in [0.2, 0.25) is 0 Å². The Hall–Kier alpha value is -1.96. The minimum Gasteiger partial charge on any atom is -0.465 e. The number of fused-ring (bicyclic) bond motifs is 1. The highest BCUT2D eigenvalue weighted by atomic mass is 127. The molecular formula is C16H13ClIN5O3S2. The van der Waals surface area contributed by atoms with Crippen molar-refractivity contribution in [3.63, 3.8) is 0 Å². The third-order valence-electron chi connectivity index (χ3n) is 3.55. The largest absolute Gasteiger partial charge is 0.465 e. The number of carbonyl (C=O) groups excluding carboxylic acids is 2. The number of carbonyl (C=O) groups is 2. The number of nitrogens with zero attached hydrogens (tertiary/aromatic N) is 2. The van der Waals surface area contributed by atoms with E-state index >= 15 is 0 Å². The lowest BCUT2D eigenvalue weighted by atomic mass is 10.2. The van der Waals surface area contributed by atoms with Gasteiger partial charge in [0, 0.05) is 29.0 Å². The second-order valence-electron chi connectivity index (χ2n) is 5.48. The van der Waals surface area contributed by atoms with Gasteiger partial charge in [0.05, 0.1) is 15.7 Å². The van der Waals surface area contributed by atoms with Crippen molar-refractivity contribution in [2.75, 3.05) is 12.4 Å². The minimum absolute atomic E-state index is 0.189. The quantitative estimate of drug-likeness (QED) is 0.200. The summed E-state index contributed by atoms with van der Waals surface area (Å²) in [6, 6.07) is 5.34. The first-order valence-electron chi connectivity index (χ1n) is 7.67. The molecule has 0 bridgehead atoms. The van der Waals surface area contributed by atoms with Crippen LogP contribution >= 0.6 is 57.7 Å². The first-order chi connectivity index (χ1) is 13.3. The number of nitrogens with one attached hydrogen (secondary N) is 3. The van der Waals surface area contributed by atoms with Crippen LogP contribution in [-0.4, -0.2) is 33.9 Å². The number of esters is 1. The Kier molecular flexibility index (Phi) is 6.37. The van der Waals surface area contributed by atoms with Crippen LogP contribution in [0.3, 0.4) is 0 Å². The Morgan fingerprint density at radius 1 is 1.36 bits per heavy atom. The zero-order valence-corrected chi connectivity index (χ0v) is 19.0. The van der Waals surface area contributed by atoms with Gasteiger partial charge in [-0.05, 0) is 53.0 Å². The number of thiocarbonyl (C=S) groups is 1. The van der Waals surface area contributed by atoms with Crippen molar-refractivity contribution in [3.8, 4) is 0 Å². The number of amides is 1.